The molecule has 2 unspecified atom stereocenters. The molecule has 0 saturated carbocycles. The van der Waals surface area contributed by atoms with Crippen molar-refractivity contribution in [3.8, 4) is 0 Å². The third kappa shape index (κ3) is 12.1. The molecule has 2 N–H and O–H groups in total. The number of rotatable bonds is 21. The molecule has 0 aliphatic carbocycles. The van der Waals surface area contributed by atoms with E-state index in [-0.39, 0.29) is 25.0 Å². The first-order valence-corrected chi connectivity index (χ1v) is 13.3. The molecule has 12 heteroatoms. The summed E-state index contributed by atoms with van der Waals surface area (Å²) in [5, 5.41) is 5.98. The van der Waals surface area contributed by atoms with Gasteiger partial charge in [-0.25, -0.2) is 0 Å². The Morgan fingerprint density at radius 1 is 1.00 bits per heavy atom. The van der Waals surface area contributed by atoms with Crippen LogP contribution in [0.5, 0.6) is 0 Å². The predicted octanol–water partition coefficient (Wildman–Crippen LogP) is 1.92. The number of carbonyl (C=O) groups is 3. The van der Waals surface area contributed by atoms with Gasteiger partial charge in [-0.2, -0.15) is 0 Å². The van der Waals surface area contributed by atoms with Crippen molar-refractivity contribution in [1.82, 2.24) is 15.5 Å². The van der Waals surface area contributed by atoms with Gasteiger partial charge in [-0.1, -0.05) is 34.1 Å². The molecule has 38 heavy (non-hydrogen) atoms. The van der Waals surface area contributed by atoms with Gasteiger partial charge in [-0.3, -0.25) is 24.6 Å². The number of carbonyl (C=O) groups excluding carboxylic acids is 3. The highest BCUT2D eigenvalue weighted by atomic mass is 79.9. The van der Waals surface area contributed by atoms with Gasteiger partial charge in [0.15, 0.2) is 6.29 Å². The van der Waals surface area contributed by atoms with Crippen molar-refractivity contribution in [1.29, 1.82) is 0 Å². The number of amides is 3. The van der Waals surface area contributed by atoms with Gasteiger partial charge in [0.2, 0.25) is 5.91 Å². The number of imide groups is 1. The predicted molar refractivity (Wildman–Crippen MR) is 143 cm³/mol. The van der Waals surface area contributed by atoms with Crippen LogP contribution in [0.15, 0.2) is 40.9 Å². The van der Waals surface area contributed by atoms with Crippen molar-refractivity contribution in [2.24, 2.45) is 0 Å². The third-order valence-corrected chi connectivity index (χ3v) is 6.22. The molecule has 0 spiro atoms. The summed E-state index contributed by atoms with van der Waals surface area (Å²) < 4.78 is 28.7. The van der Waals surface area contributed by atoms with Crippen molar-refractivity contribution >= 4 is 33.7 Å². The van der Waals surface area contributed by atoms with Gasteiger partial charge in [-0.15, -0.1) is 0 Å². The second-order valence-corrected chi connectivity index (χ2v) is 9.25. The maximum Gasteiger partial charge on any atom is 0.253 e. The molecule has 2 rings (SSSR count). The quantitative estimate of drug-likeness (QED) is 0.124. The van der Waals surface area contributed by atoms with Gasteiger partial charge in [-0.05, 0) is 25.5 Å². The van der Waals surface area contributed by atoms with E-state index in [1.54, 1.807) is 14.2 Å². The normalized spacial score (nSPS) is 14.8. The molecule has 1 aromatic rings. The number of ether oxygens (including phenoxy) is 5. The average molecular weight is 601 g/mol. The van der Waals surface area contributed by atoms with Crippen LogP contribution in [0.1, 0.15) is 31.1 Å². The molecule has 2 atom stereocenters. The minimum Gasteiger partial charge on any atom is -0.382 e. The molecule has 1 aliphatic heterocycles. The van der Waals surface area contributed by atoms with E-state index in [0.717, 1.165) is 21.4 Å². The van der Waals surface area contributed by atoms with E-state index >= 15 is 0 Å². The van der Waals surface area contributed by atoms with Crippen molar-refractivity contribution < 1.29 is 38.1 Å². The van der Waals surface area contributed by atoms with Gasteiger partial charge < -0.3 is 29.0 Å². The van der Waals surface area contributed by atoms with Crippen LogP contribution < -0.4 is 10.6 Å². The summed E-state index contributed by atoms with van der Waals surface area (Å²) in [7, 11) is 3.25. The van der Waals surface area contributed by atoms with Crippen LogP contribution in [-0.2, 0) is 38.1 Å². The highest BCUT2D eigenvalue weighted by molar-refractivity contribution is 9.10. The number of nitrogens with one attached hydrogen (secondary N) is 2. The van der Waals surface area contributed by atoms with Crippen molar-refractivity contribution in [3.63, 3.8) is 0 Å². The van der Waals surface area contributed by atoms with E-state index in [1.807, 2.05) is 24.3 Å². The third-order valence-electron chi connectivity index (χ3n) is 5.50. The molecule has 212 valence electrons. The molecule has 0 fully saturated rings. The van der Waals surface area contributed by atoms with Crippen LogP contribution in [0.4, 0.5) is 0 Å². The van der Waals surface area contributed by atoms with E-state index in [2.05, 4.69) is 26.6 Å². The van der Waals surface area contributed by atoms with Crippen LogP contribution in [0.2, 0.25) is 0 Å². The van der Waals surface area contributed by atoms with Crippen LogP contribution in [0.3, 0.4) is 0 Å². The van der Waals surface area contributed by atoms with Gasteiger partial charge in [0.1, 0.15) is 6.10 Å². The second kappa shape index (κ2) is 19.0. The van der Waals surface area contributed by atoms with Crippen molar-refractivity contribution in [3.05, 3.63) is 46.5 Å². The standard InChI is InChI=1S/C26H38BrN3O8/c1-34-17-20(35-2)18-36-19-28-12-5-15-37-26(21-7-3-4-8-22(21)27)38-16-6-13-29-23(31)11-14-30-24(32)9-10-25(30)33/h3-4,7-10,20,26,28H,5-6,11-19H2,1-2H3,(H,29,31). The number of hydrogen-bond acceptors (Lipinski definition) is 9. The molecule has 0 aromatic heterocycles. The number of methoxy groups -OCH3 is 2. The number of benzene rings is 1. The summed E-state index contributed by atoms with van der Waals surface area (Å²) in [5.74, 6) is -1.02. The maximum atomic E-state index is 12.0. The van der Waals surface area contributed by atoms with Crippen LogP contribution >= 0.6 is 15.9 Å². The first-order valence-electron chi connectivity index (χ1n) is 12.5. The zero-order chi connectivity index (χ0) is 27.6. The Balaban J connectivity index is 1.63. The molecule has 3 amide bonds. The highest BCUT2D eigenvalue weighted by Crippen LogP contribution is 2.27. The average Bonchev–Trinajstić information content (AvgIpc) is 3.23. The first-order chi connectivity index (χ1) is 18.5. The Hall–Kier alpha value is -2.19. The molecular formula is C26H38BrN3O8. The van der Waals surface area contributed by atoms with E-state index in [9.17, 15) is 14.4 Å². The lowest BCUT2D eigenvalue weighted by Gasteiger charge is -2.20. The summed E-state index contributed by atoms with van der Waals surface area (Å²) in [4.78, 5) is 36.2. The lowest BCUT2D eigenvalue weighted by molar-refractivity contribution is -0.148. The fourth-order valence-corrected chi connectivity index (χ4v) is 3.90. The molecule has 1 heterocycles. The molecule has 1 aromatic carbocycles. The Kier molecular flexibility index (Phi) is 16.0. The first kappa shape index (κ1) is 32.0. The van der Waals surface area contributed by atoms with E-state index in [4.69, 9.17) is 23.7 Å². The van der Waals surface area contributed by atoms with E-state index < -0.39 is 18.1 Å². The molecule has 0 radical (unpaired) electrons. The van der Waals surface area contributed by atoms with Crippen molar-refractivity contribution in [2.45, 2.75) is 31.7 Å². The zero-order valence-corrected chi connectivity index (χ0v) is 23.6. The molecule has 0 bridgehead atoms. The summed E-state index contributed by atoms with van der Waals surface area (Å²) in [5.41, 5.74) is 0.880. The Morgan fingerprint density at radius 3 is 2.34 bits per heavy atom. The molecule has 11 nitrogen and oxygen atoms in total. The minimum atomic E-state index is -0.561. The second-order valence-electron chi connectivity index (χ2n) is 8.39. The summed E-state index contributed by atoms with van der Waals surface area (Å²) in [6.07, 6.45) is 3.14. The zero-order valence-electron chi connectivity index (χ0n) is 22.0. The number of hydrogen-bond donors (Lipinski definition) is 2. The van der Waals surface area contributed by atoms with E-state index in [0.29, 0.717) is 52.7 Å². The largest absolute Gasteiger partial charge is 0.382 e. The van der Waals surface area contributed by atoms with Gasteiger partial charge >= 0.3 is 0 Å². The Labute approximate surface area is 232 Å². The van der Waals surface area contributed by atoms with E-state index in [1.165, 1.54) is 12.2 Å². The minimum absolute atomic E-state index is 0.0574. The molecule has 1 aliphatic rings. The fourth-order valence-electron chi connectivity index (χ4n) is 3.43. The topological polar surface area (TPSA) is 125 Å². The summed E-state index contributed by atoms with van der Waals surface area (Å²) in [6, 6.07) is 7.70. The smallest absolute Gasteiger partial charge is 0.253 e. The Bertz CT molecular complexity index is 883. The number of nitrogens with zero attached hydrogens (tertiary/aromatic N) is 1. The van der Waals surface area contributed by atoms with Crippen LogP contribution in [0, 0.1) is 0 Å². The van der Waals surface area contributed by atoms with Gasteiger partial charge in [0, 0.05) is 55.9 Å². The lowest BCUT2D eigenvalue weighted by atomic mass is 10.2. The van der Waals surface area contributed by atoms with Gasteiger partial charge in [0.25, 0.3) is 11.8 Å². The maximum absolute atomic E-state index is 12.0. The van der Waals surface area contributed by atoms with Gasteiger partial charge in [0.05, 0.1) is 33.2 Å². The van der Waals surface area contributed by atoms with Crippen LogP contribution in [0.25, 0.3) is 0 Å². The molecule has 0 saturated heterocycles. The lowest BCUT2D eigenvalue weighted by Crippen LogP contribution is -2.35. The summed E-state index contributed by atoms with van der Waals surface area (Å²) in [6.45, 7) is 3.35. The SMILES string of the molecule is COCC(COCNCCCOC(OCCCNC(=O)CCN1C(=O)C=CC1=O)c1ccccc1Br)OC. The Morgan fingerprint density at radius 2 is 1.68 bits per heavy atom. The highest BCUT2D eigenvalue weighted by Gasteiger charge is 2.23. The van der Waals surface area contributed by atoms with Crippen molar-refractivity contribution in [2.75, 3.05) is 67.0 Å². The monoisotopic (exact) mass is 599 g/mol. The fraction of sp³-hybridized carbons (Fsp3) is 0.577. The molecular weight excluding hydrogens is 562 g/mol. The van der Waals surface area contributed by atoms with Crippen LogP contribution in [-0.4, -0.2) is 95.7 Å². The number of halogens is 1. The summed E-state index contributed by atoms with van der Waals surface area (Å²) >= 11 is 3.55.